The van der Waals surface area contributed by atoms with Gasteiger partial charge >= 0.3 is 69.2 Å². The first-order valence-corrected chi connectivity index (χ1v) is 8.45. The maximum atomic E-state index is 10.3. The van der Waals surface area contributed by atoms with Gasteiger partial charge in [-0.15, -0.1) is 15.9 Å². The normalized spacial score (nSPS) is 10.0. The zero-order chi connectivity index (χ0) is 15.2. The molecule has 0 heterocycles. The van der Waals surface area contributed by atoms with E-state index in [1.807, 2.05) is 0 Å². The fourth-order valence-electron chi connectivity index (χ4n) is 1.22. The maximum absolute atomic E-state index is 10.3. The molecule has 11 heteroatoms. The van der Waals surface area contributed by atoms with Gasteiger partial charge < -0.3 is 29.4 Å². The number of benzene rings is 2. The van der Waals surface area contributed by atoms with Crippen LogP contribution in [0, 0.1) is 0 Å². The molecule has 0 aliphatic carbocycles. The fraction of sp³-hybridized carbons (Fsp3) is 0. The second kappa shape index (κ2) is 13.5. The standard InChI is InChI=1S/2C6H7O3P.3Mg/c2*7-10(8,9)6-4-2-1-3-5-6;;;/h2*1-5H,(H2,7,8,9);;;/q;;3*+2/p-4. The van der Waals surface area contributed by atoms with E-state index in [4.69, 9.17) is 0 Å². The SMILES string of the molecule is [Mg+2].[Mg+2].[Mg+2].[O-][P+]([O-])([O-])c1ccccc1.[O-][P+]([O-])([O-])c1ccccc1. The van der Waals surface area contributed by atoms with Gasteiger partial charge in [0.25, 0.3) is 0 Å². The van der Waals surface area contributed by atoms with Crippen LogP contribution in [0.4, 0.5) is 0 Å². The minimum absolute atomic E-state index is 0. The van der Waals surface area contributed by atoms with Gasteiger partial charge in [0, 0.05) is 0 Å². The van der Waals surface area contributed by atoms with E-state index in [9.17, 15) is 29.4 Å². The third kappa shape index (κ3) is 12.4. The molecule has 0 spiro atoms. The molecule has 23 heavy (non-hydrogen) atoms. The molecule has 0 aliphatic heterocycles. The van der Waals surface area contributed by atoms with Gasteiger partial charge in [0.2, 0.25) is 0 Å². The number of rotatable bonds is 2. The van der Waals surface area contributed by atoms with E-state index in [0.29, 0.717) is 0 Å². The first-order valence-electron chi connectivity index (χ1n) is 5.36. The quantitative estimate of drug-likeness (QED) is 0.376. The first kappa shape index (κ1) is 29.1. The third-order valence-corrected chi connectivity index (χ3v) is 4.01. The van der Waals surface area contributed by atoms with Gasteiger partial charge in [-0.1, -0.05) is 36.4 Å². The Morgan fingerprint density at radius 1 is 0.435 bits per heavy atom. The molecule has 0 amide bonds. The minimum Gasteiger partial charge on any atom is -0.684 e. The monoisotopic (exact) mass is 384 g/mol. The fourth-order valence-corrected chi connectivity index (χ4v) is 2.30. The molecular formula is C12H10Mg3O6P2+2. The number of hydrogen-bond acceptors (Lipinski definition) is 6. The van der Waals surface area contributed by atoms with Crippen LogP contribution in [0.2, 0.25) is 0 Å². The summed E-state index contributed by atoms with van der Waals surface area (Å²) in [6.45, 7) is 0. The summed E-state index contributed by atoms with van der Waals surface area (Å²) in [5, 5.41) is -0.315. The van der Waals surface area contributed by atoms with Gasteiger partial charge in [-0.25, -0.2) is 0 Å². The van der Waals surface area contributed by atoms with Crippen molar-refractivity contribution >= 4 is 95.7 Å². The summed E-state index contributed by atoms with van der Waals surface area (Å²) in [6, 6.07) is 14.5. The Kier molecular flexibility index (Phi) is 17.2. The summed E-state index contributed by atoms with van der Waals surface area (Å²) < 4.78 is 0. The van der Waals surface area contributed by atoms with E-state index >= 15 is 0 Å². The summed E-state index contributed by atoms with van der Waals surface area (Å²) >= 11 is 0. The summed E-state index contributed by atoms with van der Waals surface area (Å²) in [5.41, 5.74) is 0. The Balaban J connectivity index is -0.000000308. The smallest absolute Gasteiger partial charge is 0.684 e. The predicted octanol–water partition coefficient (Wildman–Crippen LogP) is -4.83. The van der Waals surface area contributed by atoms with Gasteiger partial charge in [0.1, 0.15) is 0 Å². The summed E-state index contributed by atoms with van der Waals surface area (Å²) in [6.07, 6.45) is 0. The van der Waals surface area contributed by atoms with Gasteiger partial charge in [-0.05, 0) is 24.3 Å². The molecule has 0 aliphatic rings. The Bertz CT molecular complexity index is 470. The number of hydrogen-bond donors (Lipinski definition) is 0. The molecular weight excluding hydrogens is 375 g/mol. The Labute approximate surface area is 184 Å². The van der Waals surface area contributed by atoms with Crippen LogP contribution in [0.1, 0.15) is 0 Å². The molecule has 0 atom stereocenters. The first-order chi connectivity index (χ1) is 9.21. The van der Waals surface area contributed by atoms with Crippen molar-refractivity contribution in [3.05, 3.63) is 60.7 Å². The largest absolute Gasteiger partial charge is 2.00 e. The zero-order valence-corrected chi connectivity index (χ0v) is 18.3. The van der Waals surface area contributed by atoms with Crippen molar-refractivity contribution in [1.29, 1.82) is 0 Å². The molecule has 0 unspecified atom stereocenters. The van der Waals surface area contributed by atoms with E-state index in [0.717, 1.165) is 0 Å². The molecule has 2 rings (SSSR count). The zero-order valence-electron chi connectivity index (χ0n) is 12.2. The minimum atomic E-state index is -4.52. The molecule has 0 N–H and O–H groups in total. The molecule has 0 saturated carbocycles. The van der Waals surface area contributed by atoms with Crippen molar-refractivity contribution in [3.8, 4) is 0 Å². The van der Waals surface area contributed by atoms with Crippen molar-refractivity contribution in [2.75, 3.05) is 0 Å². The summed E-state index contributed by atoms with van der Waals surface area (Å²) in [4.78, 5) is 61.8. The predicted molar refractivity (Wildman–Crippen MR) is 83.3 cm³/mol. The molecule has 6 nitrogen and oxygen atoms in total. The van der Waals surface area contributed by atoms with Gasteiger partial charge in [-0.2, -0.15) is 0 Å². The third-order valence-electron chi connectivity index (χ3n) is 2.14. The topological polar surface area (TPSA) is 138 Å². The van der Waals surface area contributed by atoms with Crippen LogP contribution < -0.4 is 40.0 Å². The van der Waals surface area contributed by atoms with Crippen molar-refractivity contribution in [2.24, 2.45) is 0 Å². The van der Waals surface area contributed by atoms with E-state index < -0.39 is 15.9 Å². The van der Waals surface area contributed by atoms with E-state index in [-0.39, 0.29) is 79.8 Å². The Morgan fingerprint density at radius 3 is 0.783 bits per heavy atom. The van der Waals surface area contributed by atoms with E-state index in [1.54, 1.807) is 12.1 Å². The summed E-state index contributed by atoms with van der Waals surface area (Å²) in [7, 11) is -9.04. The van der Waals surface area contributed by atoms with Crippen LogP contribution in [-0.2, 0) is 0 Å². The maximum Gasteiger partial charge on any atom is 2.00 e. The van der Waals surface area contributed by atoms with Gasteiger partial charge in [0.15, 0.2) is 0 Å². The average molecular weight is 385 g/mol. The molecule has 2 aromatic carbocycles. The van der Waals surface area contributed by atoms with Gasteiger partial charge in [0.05, 0.1) is 10.6 Å². The van der Waals surface area contributed by atoms with Crippen molar-refractivity contribution in [2.45, 2.75) is 0 Å². The average Bonchev–Trinajstić information content (AvgIpc) is 2.40. The molecule has 0 radical (unpaired) electrons. The van der Waals surface area contributed by atoms with E-state index in [1.165, 1.54) is 48.5 Å². The second-order valence-corrected chi connectivity index (χ2v) is 6.69. The van der Waals surface area contributed by atoms with Crippen LogP contribution in [0.15, 0.2) is 60.7 Å². The summed E-state index contributed by atoms with van der Waals surface area (Å²) in [5.74, 6) is 0. The van der Waals surface area contributed by atoms with Crippen molar-refractivity contribution < 1.29 is 29.4 Å². The van der Waals surface area contributed by atoms with Gasteiger partial charge in [-0.3, -0.25) is 0 Å². The molecule has 0 bridgehead atoms. The van der Waals surface area contributed by atoms with Crippen LogP contribution in [0.25, 0.3) is 0 Å². The van der Waals surface area contributed by atoms with Crippen LogP contribution in [0.5, 0.6) is 0 Å². The van der Waals surface area contributed by atoms with Crippen LogP contribution >= 0.6 is 15.9 Å². The van der Waals surface area contributed by atoms with Crippen molar-refractivity contribution in [1.82, 2.24) is 0 Å². The molecule has 0 saturated heterocycles. The molecule has 0 aromatic heterocycles. The molecule has 108 valence electrons. The van der Waals surface area contributed by atoms with Crippen molar-refractivity contribution in [3.63, 3.8) is 0 Å². The Hall–Kier alpha value is 1.36. The van der Waals surface area contributed by atoms with Crippen LogP contribution in [-0.4, -0.2) is 69.2 Å². The second-order valence-electron chi connectivity index (χ2n) is 3.67. The van der Waals surface area contributed by atoms with Crippen LogP contribution in [0.3, 0.4) is 0 Å². The van der Waals surface area contributed by atoms with E-state index in [2.05, 4.69) is 0 Å². The Morgan fingerprint density at radius 2 is 0.652 bits per heavy atom. The molecule has 2 aromatic rings. The molecule has 0 fully saturated rings.